The van der Waals surface area contributed by atoms with Crippen LogP contribution in [0.4, 0.5) is 0 Å². The Kier molecular flexibility index (Phi) is 1.62. The normalized spacial score (nSPS) is 10.4. The van der Waals surface area contributed by atoms with Crippen LogP contribution in [-0.4, -0.2) is 20.0 Å². The summed E-state index contributed by atoms with van der Waals surface area (Å²) in [6.45, 7) is 1.96. The van der Waals surface area contributed by atoms with E-state index in [1.54, 1.807) is 18.5 Å². The molecule has 0 aliphatic carbocycles. The van der Waals surface area contributed by atoms with Gasteiger partial charge in [-0.2, -0.15) is 9.78 Å². The quantitative estimate of drug-likeness (QED) is 0.659. The first-order valence-electron chi connectivity index (χ1n) is 3.72. The molecule has 0 bridgehead atoms. The molecule has 0 radical (unpaired) electrons. The van der Waals surface area contributed by atoms with Gasteiger partial charge in [0, 0.05) is 18.8 Å². The first kappa shape index (κ1) is 7.02. The number of rotatable bonds is 2. The topological polar surface area (TPSA) is 56.7 Å². The Morgan fingerprint density at radius 1 is 1.50 bits per heavy atom. The Balaban J connectivity index is 2.35. The molecule has 2 aromatic heterocycles. The highest BCUT2D eigenvalue weighted by atomic mass is 16.4. The van der Waals surface area contributed by atoms with E-state index in [2.05, 4.69) is 15.3 Å². The van der Waals surface area contributed by atoms with Gasteiger partial charge in [-0.05, 0) is 6.07 Å². The molecule has 0 fully saturated rings. The summed E-state index contributed by atoms with van der Waals surface area (Å²) >= 11 is 0. The van der Waals surface area contributed by atoms with Crippen molar-refractivity contribution in [3.05, 3.63) is 24.4 Å². The molecule has 0 atom stereocenters. The Morgan fingerprint density at radius 2 is 2.42 bits per heavy atom. The van der Waals surface area contributed by atoms with Gasteiger partial charge >= 0.3 is 6.01 Å². The molecule has 0 unspecified atom stereocenters. The number of aryl methyl sites for hydroxylation is 1. The van der Waals surface area contributed by atoms with Gasteiger partial charge in [0.25, 0.3) is 0 Å². The van der Waals surface area contributed by atoms with Gasteiger partial charge in [-0.25, -0.2) is 0 Å². The molecular weight excluding hydrogens is 156 g/mol. The van der Waals surface area contributed by atoms with Gasteiger partial charge < -0.3 is 4.42 Å². The van der Waals surface area contributed by atoms with Crippen molar-refractivity contribution in [1.29, 1.82) is 0 Å². The van der Waals surface area contributed by atoms with E-state index < -0.39 is 0 Å². The zero-order valence-corrected chi connectivity index (χ0v) is 6.64. The highest BCUT2D eigenvalue weighted by Gasteiger charge is 2.04. The van der Waals surface area contributed by atoms with Crippen molar-refractivity contribution in [2.24, 2.45) is 0 Å². The Hall–Kier alpha value is -1.65. The standard InChI is InChI=1S/C7H8N4O/c1-2-6-9-10-7(12-6)11-5-3-4-8-11/h3-5H,2H2,1H3. The van der Waals surface area contributed by atoms with E-state index in [0.717, 1.165) is 6.42 Å². The van der Waals surface area contributed by atoms with Crippen LogP contribution in [0, 0.1) is 0 Å². The number of nitrogens with zero attached hydrogens (tertiary/aromatic N) is 4. The van der Waals surface area contributed by atoms with Crippen LogP contribution in [0.2, 0.25) is 0 Å². The van der Waals surface area contributed by atoms with Crippen LogP contribution in [0.5, 0.6) is 0 Å². The first-order valence-corrected chi connectivity index (χ1v) is 3.72. The summed E-state index contributed by atoms with van der Waals surface area (Å²) < 4.78 is 6.79. The molecule has 5 heteroatoms. The summed E-state index contributed by atoms with van der Waals surface area (Å²) in [5, 5.41) is 11.6. The van der Waals surface area contributed by atoms with Crippen LogP contribution in [0.1, 0.15) is 12.8 Å². The van der Waals surface area contributed by atoms with E-state index in [-0.39, 0.29) is 0 Å². The Bertz CT molecular complexity index is 351. The first-order chi connectivity index (χ1) is 5.90. The lowest BCUT2D eigenvalue weighted by Gasteiger charge is -1.88. The Morgan fingerprint density at radius 3 is 3.00 bits per heavy atom. The van der Waals surface area contributed by atoms with E-state index in [1.165, 1.54) is 4.68 Å². The number of aromatic nitrogens is 4. The molecule has 0 amide bonds. The van der Waals surface area contributed by atoms with E-state index >= 15 is 0 Å². The molecule has 0 saturated carbocycles. The predicted octanol–water partition coefficient (Wildman–Crippen LogP) is 0.818. The second-order valence-corrected chi connectivity index (χ2v) is 2.28. The van der Waals surface area contributed by atoms with Crippen LogP contribution in [0.3, 0.4) is 0 Å². The molecule has 5 nitrogen and oxygen atoms in total. The van der Waals surface area contributed by atoms with Gasteiger partial charge in [0.1, 0.15) is 0 Å². The SMILES string of the molecule is CCc1nnc(-n2cccn2)o1. The molecule has 2 rings (SSSR count). The van der Waals surface area contributed by atoms with E-state index in [1.807, 2.05) is 6.92 Å². The van der Waals surface area contributed by atoms with Gasteiger partial charge in [0.05, 0.1) is 0 Å². The van der Waals surface area contributed by atoms with Crippen molar-refractivity contribution in [3.8, 4) is 6.01 Å². The molecule has 62 valence electrons. The van der Waals surface area contributed by atoms with E-state index in [0.29, 0.717) is 11.9 Å². The highest BCUT2D eigenvalue weighted by molar-refractivity contribution is 5.01. The second kappa shape index (κ2) is 2.77. The lowest BCUT2D eigenvalue weighted by Crippen LogP contribution is -1.93. The van der Waals surface area contributed by atoms with Crippen LogP contribution in [0.15, 0.2) is 22.9 Å². The molecule has 0 saturated heterocycles. The molecule has 2 aromatic rings. The molecule has 0 aliphatic rings. The smallest absolute Gasteiger partial charge is 0.343 e. The minimum absolute atomic E-state index is 0.414. The summed E-state index contributed by atoms with van der Waals surface area (Å²) in [6, 6.07) is 2.22. The second-order valence-electron chi connectivity index (χ2n) is 2.28. The fourth-order valence-electron chi connectivity index (χ4n) is 0.862. The van der Waals surface area contributed by atoms with Crippen LogP contribution in [-0.2, 0) is 6.42 Å². The molecule has 2 heterocycles. The third kappa shape index (κ3) is 1.09. The molecule has 12 heavy (non-hydrogen) atoms. The van der Waals surface area contributed by atoms with E-state index in [9.17, 15) is 0 Å². The summed E-state index contributed by atoms with van der Waals surface area (Å²) in [4.78, 5) is 0. The minimum atomic E-state index is 0.414. The third-order valence-electron chi connectivity index (χ3n) is 1.46. The summed E-state index contributed by atoms with van der Waals surface area (Å²) in [6.07, 6.45) is 4.16. The van der Waals surface area contributed by atoms with Crippen molar-refractivity contribution >= 4 is 0 Å². The van der Waals surface area contributed by atoms with Gasteiger partial charge in [-0.3, -0.25) is 0 Å². The summed E-state index contributed by atoms with van der Waals surface area (Å²) in [5.41, 5.74) is 0. The highest BCUT2D eigenvalue weighted by Crippen LogP contribution is 2.04. The van der Waals surface area contributed by atoms with Crippen molar-refractivity contribution < 1.29 is 4.42 Å². The molecular formula is C7H8N4O. The lowest BCUT2D eigenvalue weighted by atomic mass is 10.5. The maximum atomic E-state index is 5.26. The largest absolute Gasteiger partial charge is 0.407 e. The molecule has 0 aromatic carbocycles. The lowest BCUT2D eigenvalue weighted by molar-refractivity contribution is 0.468. The van der Waals surface area contributed by atoms with Gasteiger partial charge in [0.15, 0.2) is 0 Å². The Labute approximate surface area is 69.0 Å². The zero-order valence-electron chi connectivity index (χ0n) is 6.64. The predicted molar refractivity (Wildman–Crippen MR) is 40.8 cm³/mol. The van der Waals surface area contributed by atoms with E-state index in [4.69, 9.17) is 4.42 Å². The molecule has 0 aliphatic heterocycles. The minimum Gasteiger partial charge on any atom is -0.407 e. The van der Waals surface area contributed by atoms with Crippen molar-refractivity contribution in [1.82, 2.24) is 20.0 Å². The van der Waals surface area contributed by atoms with Crippen LogP contribution >= 0.6 is 0 Å². The van der Waals surface area contributed by atoms with Crippen molar-refractivity contribution in [2.45, 2.75) is 13.3 Å². The maximum Gasteiger partial charge on any atom is 0.343 e. The van der Waals surface area contributed by atoms with Crippen molar-refractivity contribution in [2.75, 3.05) is 0 Å². The number of hydrogen-bond acceptors (Lipinski definition) is 4. The third-order valence-corrected chi connectivity index (χ3v) is 1.46. The average molecular weight is 164 g/mol. The average Bonchev–Trinajstić information content (AvgIpc) is 2.75. The maximum absolute atomic E-state index is 5.26. The molecule has 0 spiro atoms. The van der Waals surface area contributed by atoms with Crippen LogP contribution < -0.4 is 0 Å². The van der Waals surface area contributed by atoms with Crippen LogP contribution in [0.25, 0.3) is 6.01 Å². The fraction of sp³-hybridized carbons (Fsp3) is 0.286. The summed E-state index contributed by atoms with van der Waals surface area (Å²) in [7, 11) is 0. The zero-order chi connectivity index (χ0) is 8.39. The fourth-order valence-corrected chi connectivity index (χ4v) is 0.862. The van der Waals surface area contributed by atoms with Crippen molar-refractivity contribution in [3.63, 3.8) is 0 Å². The number of hydrogen-bond donors (Lipinski definition) is 0. The van der Waals surface area contributed by atoms with Gasteiger partial charge in [0.2, 0.25) is 5.89 Å². The molecule has 0 N–H and O–H groups in total. The summed E-state index contributed by atoms with van der Waals surface area (Å²) in [5.74, 6) is 0.625. The van der Waals surface area contributed by atoms with Gasteiger partial charge in [-0.1, -0.05) is 12.0 Å². The van der Waals surface area contributed by atoms with Gasteiger partial charge in [-0.15, -0.1) is 5.10 Å². The monoisotopic (exact) mass is 164 g/mol.